The number of fused-ring (bicyclic) bond motifs is 1. The topological polar surface area (TPSA) is 53.1 Å². The Morgan fingerprint density at radius 2 is 2.29 bits per heavy atom. The number of rotatable bonds is 2. The number of aryl methyl sites for hydroxylation is 1. The van der Waals surface area contributed by atoms with E-state index in [1.54, 1.807) is 7.11 Å². The van der Waals surface area contributed by atoms with Crippen LogP contribution in [0.15, 0.2) is 18.5 Å². The number of anilines is 1. The zero-order valence-electron chi connectivity index (χ0n) is 8.32. The Morgan fingerprint density at radius 3 is 2.93 bits per heavy atom. The minimum Gasteiger partial charge on any atom is -0.495 e. The second-order valence-electron chi connectivity index (χ2n) is 3.11. The van der Waals surface area contributed by atoms with Crippen molar-refractivity contribution in [2.24, 2.45) is 0 Å². The number of methoxy groups -OCH3 is 1. The highest BCUT2D eigenvalue weighted by Crippen LogP contribution is 2.26. The van der Waals surface area contributed by atoms with Gasteiger partial charge < -0.3 is 15.0 Å². The summed E-state index contributed by atoms with van der Waals surface area (Å²) in [6.07, 6.45) is 1.81. The average Bonchev–Trinajstić information content (AvgIpc) is 2.58. The lowest BCUT2D eigenvalue weighted by Gasteiger charge is -2.05. The van der Waals surface area contributed by atoms with Gasteiger partial charge in [0, 0.05) is 12.6 Å². The van der Waals surface area contributed by atoms with Crippen molar-refractivity contribution in [3.63, 3.8) is 0 Å². The molecule has 0 saturated heterocycles. The molecule has 1 aromatic carbocycles. The maximum absolute atomic E-state index is 5.81. The summed E-state index contributed by atoms with van der Waals surface area (Å²) in [5.41, 5.74) is 8.42. The SMILES string of the molecule is CCn1cnc2cc(OC)c(N)cc21. The summed E-state index contributed by atoms with van der Waals surface area (Å²) in [6.45, 7) is 2.96. The molecule has 74 valence electrons. The van der Waals surface area contributed by atoms with E-state index in [1.165, 1.54) is 0 Å². The summed E-state index contributed by atoms with van der Waals surface area (Å²) < 4.78 is 7.17. The van der Waals surface area contributed by atoms with E-state index in [1.807, 2.05) is 23.0 Å². The molecule has 0 atom stereocenters. The van der Waals surface area contributed by atoms with Crippen LogP contribution in [0.3, 0.4) is 0 Å². The second kappa shape index (κ2) is 3.21. The predicted octanol–water partition coefficient (Wildman–Crippen LogP) is 1.65. The highest BCUT2D eigenvalue weighted by atomic mass is 16.5. The molecule has 14 heavy (non-hydrogen) atoms. The second-order valence-corrected chi connectivity index (χ2v) is 3.11. The van der Waals surface area contributed by atoms with Crippen LogP contribution in [0.25, 0.3) is 11.0 Å². The number of ether oxygens (including phenoxy) is 1. The third-order valence-electron chi connectivity index (χ3n) is 2.31. The van der Waals surface area contributed by atoms with E-state index in [-0.39, 0.29) is 0 Å². The van der Waals surface area contributed by atoms with Gasteiger partial charge in [-0.15, -0.1) is 0 Å². The Morgan fingerprint density at radius 1 is 1.50 bits per heavy atom. The van der Waals surface area contributed by atoms with Gasteiger partial charge in [-0.3, -0.25) is 0 Å². The Hall–Kier alpha value is -1.71. The molecule has 0 fully saturated rings. The Labute approximate surface area is 82.3 Å². The van der Waals surface area contributed by atoms with Crippen LogP contribution < -0.4 is 10.5 Å². The van der Waals surface area contributed by atoms with E-state index in [9.17, 15) is 0 Å². The van der Waals surface area contributed by atoms with Crippen LogP contribution in [-0.4, -0.2) is 16.7 Å². The van der Waals surface area contributed by atoms with Crippen molar-refractivity contribution in [3.05, 3.63) is 18.5 Å². The number of imidazole rings is 1. The number of nitrogen functional groups attached to an aromatic ring is 1. The van der Waals surface area contributed by atoms with Crippen LogP contribution >= 0.6 is 0 Å². The van der Waals surface area contributed by atoms with Gasteiger partial charge in [0.1, 0.15) is 5.75 Å². The van der Waals surface area contributed by atoms with Crippen molar-refractivity contribution < 1.29 is 4.74 Å². The summed E-state index contributed by atoms with van der Waals surface area (Å²) >= 11 is 0. The zero-order valence-corrected chi connectivity index (χ0v) is 8.32. The van der Waals surface area contributed by atoms with Crippen molar-refractivity contribution >= 4 is 16.7 Å². The van der Waals surface area contributed by atoms with Crippen LogP contribution in [0, 0.1) is 0 Å². The number of nitrogens with two attached hydrogens (primary N) is 1. The van der Waals surface area contributed by atoms with Crippen LogP contribution in [-0.2, 0) is 6.54 Å². The predicted molar refractivity (Wildman–Crippen MR) is 56.4 cm³/mol. The maximum atomic E-state index is 5.81. The molecule has 2 N–H and O–H groups in total. The summed E-state index contributed by atoms with van der Waals surface area (Å²) in [7, 11) is 1.61. The van der Waals surface area contributed by atoms with Gasteiger partial charge in [-0.2, -0.15) is 0 Å². The summed E-state index contributed by atoms with van der Waals surface area (Å²) in [4.78, 5) is 4.27. The van der Waals surface area contributed by atoms with E-state index >= 15 is 0 Å². The molecule has 2 aromatic rings. The quantitative estimate of drug-likeness (QED) is 0.734. The van der Waals surface area contributed by atoms with Gasteiger partial charge in [0.15, 0.2) is 0 Å². The molecular formula is C10H13N3O. The molecule has 1 aromatic heterocycles. The monoisotopic (exact) mass is 191 g/mol. The molecule has 0 aliphatic rings. The third-order valence-corrected chi connectivity index (χ3v) is 2.31. The number of hydrogen-bond acceptors (Lipinski definition) is 3. The molecule has 2 rings (SSSR count). The molecular weight excluding hydrogens is 178 g/mol. The van der Waals surface area contributed by atoms with Gasteiger partial charge in [0.25, 0.3) is 0 Å². The number of benzene rings is 1. The van der Waals surface area contributed by atoms with Gasteiger partial charge in [0.2, 0.25) is 0 Å². The summed E-state index contributed by atoms with van der Waals surface area (Å²) in [5.74, 6) is 0.679. The largest absolute Gasteiger partial charge is 0.495 e. The summed E-state index contributed by atoms with van der Waals surface area (Å²) in [6, 6.07) is 3.75. The molecule has 4 heteroatoms. The average molecular weight is 191 g/mol. The Balaban J connectivity index is 2.69. The minimum absolute atomic E-state index is 0.648. The zero-order chi connectivity index (χ0) is 10.1. The number of hydrogen-bond donors (Lipinski definition) is 1. The molecule has 0 spiro atoms. The lowest BCUT2D eigenvalue weighted by atomic mass is 10.2. The molecule has 0 amide bonds. The van der Waals surface area contributed by atoms with Crippen LogP contribution in [0.5, 0.6) is 5.75 Å². The van der Waals surface area contributed by atoms with Crippen LogP contribution in [0.4, 0.5) is 5.69 Å². The first-order chi connectivity index (χ1) is 6.76. The molecule has 1 heterocycles. The first kappa shape index (κ1) is 8.87. The van der Waals surface area contributed by atoms with Crippen molar-refractivity contribution in [3.8, 4) is 5.75 Å². The standard InChI is InChI=1S/C10H13N3O/c1-3-13-6-12-8-5-10(14-2)7(11)4-9(8)13/h4-6H,3,11H2,1-2H3. The van der Waals surface area contributed by atoms with Gasteiger partial charge in [0.05, 0.1) is 30.2 Å². The molecule has 0 radical (unpaired) electrons. The minimum atomic E-state index is 0.648. The van der Waals surface area contributed by atoms with Gasteiger partial charge in [-0.1, -0.05) is 0 Å². The van der Waals surface area contributed by atoms with Crippen molar-refractivity contribution in [2.45, 2.75) is 13.5 Å². The van der Waals surface area contributed by atoms with E-state index in [0.29, 0.717) is 11.4 Å². The van der Waals surface area contributed by atoms with Gasteiger partial charge in [-0.25, -0.2) is 4.98 Å². The first-order valence-corrected chi connectivity index (χ1v) is 4.54. The number of nitrogens with zero attached hydrogens (tertiary/aromatic N) is 2. The molecule has 0 aliphatic heterocycles. The van der Waals surface area contributed by atoms with Crippen molar-refractivity contribution in [1.29, 1.82) is 0 Å². The Bertz CT molecular complexity index is 462. The Kier molecular flexibility index (Phi) is 2.04. The van der Waals surface area contributed by atoms with Gasteiger partial charge in [-0.05, 0) is 13.0 Å². The van der Waals surface area contributed by atoms with E-state index in [2.05, 4.69) is 11.9 Å². The fourth-order valence-corrected chi connectivity index (χ4v) is 1.53. The normalized spacial score (nSPS) is 10.7. The van der Waals surface area contributed by atoms with Crippen molar-refractivity contribution in [1.82, 2.24) is 9.55 Å². The third kappa shape index (κ3) is 1.19. The number of aromatic nitrogens is 2. The smallest absolute Gasteiger partial charge is 0.144 e. The highest BCUT2D eigenvalue weighted by Gasteiger charge is 2.06. The van der Waals surface area contributed by atoms with Crippen molar-refractivity contribution in [2.75, 3.05) is 12.8 Å². The van der Waals surface area contributed by atoms with E-state index in [4.69, 9.17) is 10.5 Å². The van der Waals surface area contributed by atoms with E-state index < -0.39 is 0 Å². The molecule has 0 aliphatic carbocycles. The van der Waals surface area contributed by atoms with Gasteiger partial charge >= 0.3 is 0 Å². The molecule has 0 unspecified atom stereocenters. The van der Waals surface area contributed by atoms with Crippen LogP contribution in [0.1, 0.15) is 6.92 Å². The lowest BCUT2D eigenvalue weighted by Crippen LogP contribution is -1.95. The molecule has 4 nitrogen and oxygen atoms in total. The molecule has 0 saturated carbocycles. The molecule has 0 bridgehead atoms. The van der Waals surface area contributed by atoms with E-state index in [0.717, 1.165) is 17.6 Å². The fraction of sp³-hybridized carbons (Fsp3) is 0.300. The first-order valence-electron chi connectivity index (χ1n) is 4.54. The maximum Gasteiger partial charge on any atom is 0.144 e. The van der Waals surface area contributed by atoms with Crippen LogP contribution in [0.2, 0.25) is 0 Å². The fourth-order valence-electron chi connectivity index (χ4n) is 1.53. The highest BCUT2D eigenvalue weighted by molar-refractivity contribution is 5.82. The lowest BCUT2D eigenvalue weighted by molar-refractivity contribution is 0.417. The summed E-state index contributed by atoms with van der Waals surface area (Å²) in [5, 5.41) is 0.